The minimum absolute atomic E-state index is 0.178. The second-order valence-corrected chi connectivity index (χ2v) is 9.66. The average Bonchev–Trinajstić information content (AvgIpc) is 2.75. The molecule has 3 aliphatic rings. The van der Waals surface area contributed by atoms with Gasteiger partial charge in [-0.15, -0.1) is 6.58 Å². The predicted molar refractivity (Wildman–Crippen MR) is 123 cm³/mol. The van der Waals surface area contributed by atoms with Crippen molar-refractivity contribution in [2.45, 2.75) is 25.0 Å². The molecule has 5 atom stereocenters. The minimum Gasteiger partial charge on any atom is -0.497 e. The summed E-state index contributed by atoms with van der Waals surface area (Å²) in [7, 11) is -7.67. The number of fused-ring (bicyclic) bond motifs is 4. The summed E-state index contributed by atoms with van der Waals surface area (Å²) in [5.41, 5.74) is 1.85. The molecule has 5 N–H and O–H groups in total. The van der Waals surface area contributed by atoms with Crippen molar-refractivity contribution in [1.29, 1.82) is 0 Å². The van der Waals surface area contributed by atoms with Gasteiger partial charge in [-0.1, -0.05) is 6.08 Å². The van der Waals surface area contributed by atoms with E-state index in [1.54, 1.807) is 13.3 Å². The first-order chi connectivity index (χ1) is 15.7. The number of pyridine rings is 1. The molecule has 14 heteroatoms. The number of aliphatic hydroxyl groups is 1. The molecule has 2 bridgehead atoms. The molecular weight excluding hydrogens is 492 g/mol. The molecule has 12 nitrogen and oxygen atoms in total. The van der Waals surface area contributed by atoms with Crippen LogP contribution in [0.5, 0.6) is 5.75 Å². The van der Waals surface area contributed by atoms with E-state index >= 15 is 0 Å². The third-order valence-corrected chi connectivity index (χ3v) is 5.82. The lowest BCUT2D eigenvalue weighted by atomic mass is 9.73. The molecule has 3 aliphatic heterocycles. The normalized spacial score (nSPS) is 24.8. The Morgan fingerprint density at radius 2 is 1.76 bits per heavy atom. The van der Waals surface area contributed by atoms with Crippen LogP contribution in [0, 0.1) is 11.8 Å². The topological polar surface area (TPSA) is 195 Å². The molecule has 0 saturated carbocycles. The molecule has 34 heavy (non-hydrogen) atoms. The summed E-state index contributed by atoms with van der Waals surface area (Å²) >= 11 is 0. The zero-order valence-corrected chi connectivity index (χ0v) is 19.9. The number of rotatable bonds is 4. The van der Waals surface area contributed by atoms with Crippen LogP contribution in [0.1, 0.15) is 24.5 Å². The highest BCUT2D eigenvalue weighted by molar-refractivity contribution is 7.80. The van der Waals surface area contributed by atoms with Crippen LogP contribution in [0.15, 0.2) is 43.1 Å². The van der Waals surface area contributed by atoms with E-state index < -0.39 is 26.9 Å². The molecule has 1 aromatic heterocycles. The lowest BCUT2D eigenvalue weighted by Crippen LogP contribution is -2.54. The molecular formula is C20H28N2O10S2. The highest BCUT2D eigenvalue weighted by Crippen LogP contribution is 2.42. The van der Waals surface area contributed by atoms with Crippen molar-refractivity contribution in [2.24, 2.45) is 11.8 Å². The van der Waals surface area contributed by atoms with Gasteiger partial charge in [-0.2, -0.15) is 16.8 Å². The van der Waals surface area contributed by atoms with Gasteiger partial charge in [0.2, 0.25) is 0 Å². The number of piperidine rings is 3. The van der Waals surface area contributed by atoms with E-state index in [1.807, 2.05) is 24.3 Å². The fraction of sp³-hybridized carbons (Fsp3) is 0.450. The van der Waals surface area contributed by atoms with Crippen LogP contribution in [-0.2, 0) is 20.8 Å². The summed E-state index contributed by atoms with van der Waals surface area (Å²) in [6.07, 6.45) is 5.62. The summed E-state index contributed by atoms with van der Waals surface area (Å²) in [4.78, 5) is 6.86. The van der Waals surface area contributed by atoms with E-state index in [4.69, 9.17) is 39.8 Å². The van der Waals surface area contributed by atoms with Gasteiger partial charge in [0.15, 0.2) is 0 Å². The Morgan fingerprint density at radius 1 is 1.15 bits per heavy atom. The van der Waals surface area contributed by atoms with Gasteiger partial charge >= 0.3 is 20.8 Å². The number of benzene rings is 1. The first-order valence-corrected chi connectivity index (χ1v) is 12.9. The maximum Gasteiger partial charge on any atom is 0.394 e. The van der Waals surface area contributed by atoms with Crippen molar-refractivity contribution in [3.8, 4) is 5.75 Å². The van der Waals surface area contributed by atoms with Gasteiger partial charge in [0.25, 0.3) is 0 Å². The van der Waals surface area contributed by atoms with Crippen LogP contribution < -0.4 is 4.74 Å². The third-order valence-electron chi connectivity index (χ3n) is 5.82. The van der Waals surface area contributed by atoms with Gasteiger partial charge in [0.1, 0.15) is 5.75 Å². The van der Waals surface area contributed by atoms with Gasteiger partial charge in [-0.3, -0.25) is 28.1 Å². The molecule has 5 rings (SSSR count). The maximum atomic E-state index is 11.2. The Bertz CT molecular complexity index is 1160. The highest BCUT2D eigenvalue weighted by atomic mass is 32.3. The van der Waals surface area contributed by atoms with Crippen LogP contribution >= 0.6 is 0 Å². The molecule has 190 valence electrons. The summed E-state index contributed by atoms with van der Waals surface area (Å²) in [6, 6.07) is 7.96. The minimum atomic E-state index is -4.67. The van der Waals surface area contributed by atoms with Gasteiger partial charge in [0.05, 0.1) is 18.7 Å². The van der Waals surface area contributed by atoms with Crippen molar-refractivity contribution in [2.75, 3.05) is 20.2 Å². The van der Waals surface area contributed by atoms with E-state index in [-0.39, 0.29) is 6.04 Å². The Labute approximate surface area is 198 Å². The zero-order chi connectivity index (χ0) is 25.7. The number of nitrogens with zero attached hydrogens (tertiary/aromatic N) is 2. The molecule has 0 amide bonds. The van der Waals surface area contributed by atoms with E-state index in [9.17, 15) is 5.11 Å². The Kier molecular flexibility index (Phi) is 9.50. The second kappa shape index (κ2) is 11.5. The van der Waals surface area contributed by atoms with E-state index in [0.29, 0.717) is 11.8 Å². The largest absolute Gasteiger partial charge is 0.497 e. The van der Waals surface area contributed by atoms with Crippen molar-refractivity contribution in [1.82, 2.24) is 9.88 Å². The molecule has 2 aromatic rings. The number of aliphatic hydroxyl groups excluding tert-OH is 1. The average molecular weight is 521 g/mol. The van der Waals surface area contributed by atoms with Crippen LogP contribution in [0.4, 0.5) is 0 Å². The molecule has 0 spiro atoms. The van der Waals surface area contributed by atoms with Gasteiger partial charge in [-0.05, 0) is 61.1 Å². The number of hydrogen-bond acceptors (Lipinski definition) is 8. The number of aromatic nitrogens is 1. The molecule has 5 unspecified atom stereocenters. The van der Waals surface area contributed by atoms with Crippen LogP contribution in [0.3, 0.4) is 0 Å². The Balaban J connectivity index is 0.000000347. The number of hydrogen-bond donors (Lipinski definition) is 5. The standard InChI is InChI=1S/C20H24N2O2.2H2O4S/c1-3-13-12-22-9-7-14(13)10-19(22)20(23)16-6-8-21-18-5-4-15(24-2)11-17(16)18;2*1-5(2,3)4/h3-6,8,11,13-14,19-20,23H,1,7,9-10,12H2,2H3;2*(H2,1,2,3,4). The van der Waals surface area contributed by atoms with Gasteiger partial charge in [-0.25, -0.2) is 0 Å². The first-order valence-electron chi connectivity index (χ1n) is 10.1. The van der Waals surface area contributed by atoms with Gasteiger partial charge < -0.3 is 9.84 Å². The summed E-state index contributed by atoms with van der Waals surface area (Å²) in [5, 5.41) is 12.1. The molecule has 3 fully saturated rings. The molecule has 0 aliphatic carbocycles. The summed E-state index contributed by atoms with van der Waals surface area (Å²) < 4.78 is 68.5. The van der Waals surface area contributed by atoms with E-state index in [2.05, 4.69) is 22.5 Å². The van der Waals surface area contributed by atoms with E-state index in [0.717, 1.165) is 41.7 Å². The van der Waals surface area contributed by atoms with Crippen LogP contribution in [0.25, 0.3) is 10.9 Å². The fourth-order valence-electron chi connectivity index (χ4n) is 4.44. The SMILES string of the molecule is C=CC1CN2CCC1CC2C(O)c1ccnc2ccc(OC)cc12.O=S(=O)(O)O.O=S(=O)(O)O. The van der Waals surface area contributed by atoms with Gasteiger partial charge in [0, 0.05) is 24.2 Å². The zero-order valence-electron chi connectivity index (χ0n) is 18.3. The summed E-state index contributed by atoms with van der Waals surface area (Å²) in [5.74, 6) is 2.01. The fourth-order valence-corrected chi connectivity index (χ4v) is 4.44. The quantitative estimate of drug-likeness (QED) is 0.290. The first kappa shape index (κ1) is 28.1. The third kappa shape index (κ3) is 8.56. The Morgan fingerprint density at radius 3 is 2.26 bits per heavy atom. The second-order valence-electron chi connectivity index (χ2n) is 7.87. The van der Waals surface area contributed by atoms with Crippen molar-refractivity contribution < 1.29 is 44.9 Å². The predicted octanol–water partition coefficient (Wildman–Crippen LogP) is 1.87. The highest BCUT2D eigenvalue weighted by Gasteiger charge is 2.42. The molecule has 0 radical (unpaired) electrons. The summed E-state index contributed by atoms with van der Waals surface area (Å²) in [6.45, 7) is 6.07. The van der Waals surface area contributed by atoms with E-state index in [1.165, 1.54) is 6.42 Å². The van der Waals surface area contributed by atoms with Crippen molar-refractivity contribution in [3.63, 3.8) is 0 Å². The monoisotopic (exact) mass is 520 g/mol. The molecule has 3 saturated heterocycles. The van der Waals surface area contributed by atoms with Crippen LogP contribution in [0.2, 0.25) is 0 Å². The Hall–Kier alpha value is -2.17. The van der Waals surface area contributed by atoms with Crippen molar-refractivity contribution in [3.05, 3.63) is 48.7 Å². The van der Waals surface area contributed by atoms with Crippen molar-refractivity contribution >= 4 is 31.7 Å². The smallest absolute Gasteiger partial charge is 0.394 e. The molecule has 1 aromatic carbocycles. The van der Waals surface area contributed by atoms with Crippen LogP contribution in [-0.4, -0.2) is 76.3 Å². The maximum absolute atomic E-state index is 11.2. The molecule has 4 heterocycles. The number of ether oxygens (including phenoxy) is 1. The lowest BCUT2D eigenvalue weighted by molar-refractivity contribution is -0.0444. The lowest BCUT2D eigenvalue weighted by Gasteiger charge is -2.50. The number of methoxy groups -OCH3 is 1.